The smallest absolute Gasteiger partial charge is 0.333 e. The van der Waals surface area contributed by atoms with Gasteiger partial charge in [0.2, 0.25) is 11.6 Å². The maximum atomic E-state index is 11.6. The van der Waals surface area contributed by atoms with Gasteiger partial charge in [0.25, 0.3) is 5.69 Å². The fourth-order valence-electron chi connectivity index (χ4n) is 2.22. The van der Waals surface area contributed by atoms with Crippen LogP contribution in [0, 0.1) is 20.2 Å². The van der Waals surface area contributed by atoms with Crippen molar-refractivity contribution in [2.75, 3.05) is 16.2 Å². The molecule has 0 aliphatic carbocycles. The van der Waals surface area contributed by atoms with E-state index in [9.17, 15) is 20.2 Å². The van der Waals surface area contributed by atoms with Crippen molar-refractivity contribution >= 4 is 46.0 Å². The molecule has 3 N–H and O–H groups in total. The average molecular weight is 402 g/mol. The van der Waals surface area contributed by atoms with Gasteiger partial charge < -0.3 is 5.32 Å². The Labute approximate surface area is 162 Å². The second-order valence-electron chi connectivity index (χ2n) is 5.34. The summed E-state index contributed by atoms with van der Waals surface area (Å²) in [5.41, 5.74) is 5.72. The van der Waals surface area contributed by atoms with E-state index in [-0.39, 0.29) is 17.3 Å². The van der Waals surface area contributed by atoms with Crippen LogP contribution in [0.4, 0.5) is 34.4 Å². The second kappa shape index (κ2) is 8.14. The standard InChI is InChI=1S/C16H12ClN7O4/c17-12-3-1-2-4-13(12)20-15-14(24(27)28)16(19-9-18-15)22-21-10-5-7-11(8-6-10)23(25)26/h1-9,21H,(H2,18,19,20,22). The van der Waals surface area contributed by atoms with Crippen LogP contribution in [-0.2, 0) is 0 Å². The number of anilines is 4. The first-order valence-electron chi connectivity index (χ1n) is 7.73. The van der Waals surface area contributed by atoms with Crippen molar-refractivity contribution in [3.63, 3.8) is 0 Å². The SMILES string of the molecule is O=[N+]([O-])c1ccc(NNc2ncnc(Nc3ccccc3Cl)c2[N+](=O)[O-])cc1. The Balaban J connectivity index is 1.84. The van der Waals surface area contributed by atoms with Gasteiger partial charge in [-0.2, -0.15) is 0 Å². The van der Waals surface area contributed by atoms with Crippen molar-refractivity contribution in [1.82, 2.24) is 9.97 Å². The molecule has 0 saturated carbocycles. The van der Waals surface area contributed by atoms with E-state index in [0.29, 0.717) is 16.4 Å². The Morgan fingerprint density at radius 1 is 0.857 bits per heavy atom. The molecule has 3 aromatic rings. The van der Waals surface area contributed by atoms with Gasteiger partial charge >= 0.3 is 5.69 Å². The summed E-state index contributed by atoms with van der Waals surface area (Å²) in [6.45, 7) is 0. The Morgan fingerprint density at radius 2 is 1.54 bits per heavy atom. The summed E-state index contributed by atoms with van der Waals surface area (Å²) in [5.74, 6) is -0.158. The number of non-ortho nitro benzene ring substituents is 1. The van der Waals surface area contributed by atoms with Crippen LogP contribution in [0.5, 0.6) is 0 Å². The summed E-state index contributed by atoms with van der Waals surface area (Å²) in [6, 6.07) is 12.2. The van der Waals surface area contributed by atoms with Gasteiger partial charge in [-0.1, -0.05) is 23.7 Å². The molecular formula is C16H12ClN7O4. The second-order valence-corrected chi connectivity index (χ2v) is 5.74. The van der Waals surface area contributed by atoms with Crippen molar-refractivity contribution in [3.05, 3.63) is 80.1 Å². The van der Waals surface area contributed by atoms with E-state index in [1.165, 1.54) is 24.3 Å². The summed E-state index contributed by atoms with van der Waals surface area (Å²) in [6.07, 6.45) is 1.14. The fourth-order valence-corrected chi connectivity index (χ4v) is 2.41. The molecule has 11 nitrogen and oxygen atoms in total. The minimum absolute atomic E-state index is 0.0545. The molecule has 0 aliphatic rings. The summed E-state index contributed by atoms with van der Waals surface area (Å²) in [5, 5.41) is 25.4. The lowest BCUT2D eigenvalue weighted by Gasteiger charge is -2.12. The normalized spacial score (nSPS) is 10.2. The third-order valence-corrected chi connectivity index (χ3v) is 3.86. The van der Waals surface area contributed by atoms with Gasteiger partial charge in [0.15, 0.2) is 0 Å². The number of halogens is 1. The lowest BCUT2D eigenvalue weighted by Crippen LogP contribution is -2.13. The highest BCUT2D eigenvalue weighted by atomic mass is 35.5. The molecule has 0 amide bonds. The first kappa shape index (κ1) is 18.8. The molecule has 142 valence electrons. The average Bonchev–Trinajstić information content (AvgIpc) is 2.68. The highest BCUT2D eigenvalue weighted by Crippen LogP contribution is 2.33. The molecule has 0 unspecified atom stereocenters. The molecular weight excluding hydrogens is 390 g/mol. The topological polar surface area (TPSA) is 148 Å². The van der Waals surface area contributed by atoms with Crippen LogP contribution < -0.4 is 16.2 Å². The zero-order valence-electron chi connectivity index (χ0n) is 14.0. The van der Waals surface area contributed by atoms with Crippen LogP contribution in [-0.4, -0.2) is 19.8 Å². The number of hydrogen-bond acceptors (Lipinski definition) is 9. The van der Waals surface area contributed by atoms with Gasteiger partial charge in [0.1, 0.15) is 6.33 Å². The quantitative estimate of drug-likeness (QED) is 0.392. The Bertz CT molecular complexity index is 1030. The number of nitrogens with zero attached hydrogens (tertiary/aromatic N) is 4. The van der Waals surface area contributed by atoms with E-state index in [2.05, 4.69) is 26.1 Å². The van der Waals surface area contributed by atoms with E-state index in [0.717, 1.165) is 6.33 Å². The van der Waals surface area contributed by atoms with E-state index < -0.39 is 15.5 Å². The number of rotatable bonds is 7. The number of nitrogens with one attached hydrogen (secondary N) is 3. The van der Waals surface area contributed by atoms with Gasteiger partial charge in [0, 0.05) is 12.1 Å². The molecule has 0 fully saturated rings. The molecule has 1 aromatic heterocycles. The minimum Gasteiger partial charge on any atom is -0.333 e. The van der Waals surface area contributed by atoms with E-state index in [1.54, 1.807) is 24.3 Å². The summed E-state index contributed by atoms with van der Waals surface area (Å²) < 4.78 is 0. The number of hydrogen-bond donors (Lipinski definition) is 3. The van der Waals surface area contributed by atoms with Crippen LogP contribution in [0.15, 0.2) is 54.9 Å². The largest absolute Gasteiger partial charge is 0.355 e. The van der Waals surface area contributed by atoms with E-state index in [1.807, 2.05) is 0 Å². The van der Waals surface area contributed by atoms with Gasteiger partial charge in [-0.3, -0.25) is 31.1 Å². The highest BCUT2D eigenvalue weighted by Gasteiger charge is 2.23. The predicted molar refractivity (Wildman–Crippen MR) is 104 cm³/mol. The molecule has 0 saturated heterocycles. The number of para-hydroxylation sites is 1. The minimum atomic E-state index is -0.640. The van der Waals surface area contributed by atoms with Crippen molar-refractivity contribution in [2.45, 2.75) is 0 Å². The molecule has 0 aliphatic heterocycles. The number of nitro benzene ring substituents is 1. The summed E-state index contributed by atoms with van der Waals surface area (Å²) in [4.78, 5) is 28.9. The van der Waals surface area contributed by atoms with Gasteiger partial charge in [-0.05, 0) is 24.3 Å². The lowest BCUT2D eigenvalue weighted by molar-refractivity contribution is -0.384. The van der Waals surface area contributed by atoms with E-state index >= 15 is 0 Å². The van der Waals surface area contributed by atoms with Crippen LogP contribution in [0.3, 0.4) is 0 Å². The number of nitro groups is 2. The zero-order chi connectivity index (χ0) is 20.1. The van der Waals surface area contributed by atoms with E-state index in [4.69, 9.17) is 11.6 Å². The number of hydrazine groups is 1. The molecule has 1 heterocycles. The van der Waals surface area contributed by atoms with Crippen LogP contribution >= 0.6 is 11.6 Å². The maximum Gasteiger partial charge on any atom is 0.355 e. The number of aromatic nitrogens is 2. The highest BCUT2D eigenvalue weighted by molar-refractivity contribution is 6.33. The molecule has 0 atom stereocenters. The number of benzene rings is 2. The first-order chi connectivity index (χ1) is 13.5. The van der Waals surface area contributed by atoms with Gasteiger partial charge in [-0.25, -0.2) is 9.97 Å². The third kappa shape index (κ3) is 4.22. The molecule has 0 spiro atoms. The Hall–Kier alpha value is -3.99. The Kier molecular flexibility index (Phi) is 5.46. The molecule has 0 bridgehead atoms. The third-order valence-electron chi connectivity index (χ3n) is 3.54. The lowest BCUT2D eigenvalue weighted by atomic mass is 10.3. The van der Waals surface area contributed by atoms with Gasteiger partial charge in [0.05, 0.1) is 26.2 Å². The predicted octanol–water partition coefficient (Wildman–Crippen LogP) is 4.13. The maximum absolute atomic E-state index is 11.6. The first-order valence-corrected chi connectivity index (χ1v) is 8.11. The Morgan fingerprint density at radius 3 is 2.18 bits per heavy atom. The van der Waals surface area contributed by atoms with Crippen LogP contribution in [0.1, 0.15) is 0 Å². The molecule has 12 heteroatoms. The van der Waals surface area contributed by atoms with Crippen LogP contribution in [0.25, 0.3) is 0 Å². The fraction of sp³-hybridized carbons (Fsp3) is 0. The van der Waals surface area contributed by atoms with Crippen LogP contribution in [0.2, 0.25) is 5.02 Å². The van der Waals surface area contributed by atoms with Crippen molar-refractivity contribution in [3.8, 4) is 0 Å². The van der Waals surface area contributed by atoms with Gasteiger partial charge in [-0.15, -0.1) is 0 Å². The van der Waals surface area contributed by atoms with Crippen molar-refractivity contribution < 1.29 is 9.85 Å². The molecule has 0 radical (unpaired) electrons. The molecule has 2 aromatic carbocycles. The monoisotopic (exact) mass is 401 g/mol. The zero-order valence-corrected chi connectivity index (χ0v) is 14.8. The van der Waals surface area contributed by atoms with Crippen molar-refractivity contribution in [1.29, 1.82) is 0 Å². The summed E-state index contributed by atoms with van der Waals surface area (Å²) >= 11 is 6.07. The molecule has 3 rings (SSSR count). The molecule has 28 heavy (non-hydrogen) atoms. The summed E-state index contributed by atoms with van der Waals surface area (Å²) in [7, 11) is 0. The van der Waals surface area contributed by atoms with Crippen molar-refractivity contribution in [2.24, 2.45) is 0 Å².